The largest absolute Gasteiger partial charge is 0.492 e. The van der Waals surface area contributed by atoms with Crippen LogP contribution in [0.1, 0.15) is 17.4 Å². The molecule has 2 aromatic carbocycles. The SMILES string of the molecule is CCOc1ccccc1Nc1cnc(C(=O)N(C)c2ccccc2)cn1. The smallest absolute Gasteiger partial charge is 0.278 e. The fourth-order valence-electron chi connectivity index (χ4n) is 2.43. The van der Waals surface area contributed by atoms with Crippen molar-refractivity contribution in [2.24, 2.45) is 0 Å². The van der Waals surface area contributed by atoms with Gasteiger partial charge in [-0.3, -0.25) is 4.79 Å². The maximum Gasteiger partial charge on any atom is 0.278 e. The van der Waals surface area contributed by atoms with Gasteiger partial charge in [0.1, 0.15) is 17.3 Å². The van der Waals surface area contributed by atoms with Crippen molar-refractivity contribution >= 4 is 23.1 Å². The highest BCUT2D eigenvalue weighted by molar-refractivity contribution is 6.04. The molecule has 0 bridgehead atoms. The van der Waals surface area contributed by atoms with Gasteiger partial charge in [-0.25, -0.2) is 9.97 Å². The average molecular weight is 348 g/mol. The van der Waals surface area contributed by atoms with Crippen LogP contribution in [0.25, 0.3) is 0 Å². The topological polar surface area (TPSA) is 67.3 Å². The summed E-state index contributed by atoms with van der Waals surface area (Å²) in [6.45, 7) is 2.50. The van der Waals surface area contributed by atoms with Gasteiger partial charge in [0.25, 0.3) is 5.91 Å². The molecular weight excluding hydrogens is 328 g/mol. The normalized spacial score (nSPS) is 10.2. The van der Waals surface area contributed by atoms with Crippen LogP contribution in [-0.2, 0) is 0 Å². The molecule has 26 heavy (non-hydrogen) atoms. The quantitative estimate of drug-likeness (QED) is 0.732. The van der Waals surface area contributed by atoms with E-state index in [2.05, 4.69) is 15.3 Å². The van der Waals surface area contributed by atoms with Crippen molar-refractivity contribution < 1.29 is 9.53 Å². The summed E-state index contributed by atoms with van der Waals surface area (Å²) in [4.78, 5) is 22.6. The van der Waals surface area contributed by atoms with E-state index in [1.54, 1.807) is 11.9 Å². The van der Waals surface area contributed by atoms with Crippen molar-refractivity contribution in [3.05, 3.63) is 72.7 Å². The van der Waals surface area contributed by atoms with Crippen molar-refractivity contribution in [1.29, 1.82) is 0 Å². The first-order valence-corrected chi connectivity index (χ1v) is 8.33. The highest BCUT2D eigenvalue weighted by Crippen LogP contribution is 2.26. The molecule has 1 heterocycles. The molecule has 0 saturated carbocycles. The number of carbonyl (C=O) groups excluding carboxylic acids is 1. The molecule has 0 saturated heterocycles. The number of nitrogens with one attached hydrogen (secondary N) is 1. The minimum Gasteiger partial charge on any atom is -0.492 e. The number of anilines is 3. The van der Waals surface area contributed by atoms with Gasteiger partial charge < -0.3 is 15.0 Å². The van der Waals surface area contributed by atoms with Gasteiger partial charge in [0.05, 0.1) is 24.7 Å². The zero-order valence-electron chi connectivity index (χ0n) is 14.7. The lowest BCUT2D eigenvalue weighted by atomic mass is 10.3. The summed E-state index contributed by atoms with van der Waals surface area (Å²) in [5.41, 5.74) is 1.87. The zero-order chi connectivity index (χ0) is 18.4. The van der Waals surface area contributed by atoms with Crippen molar-refractivity contribution in [3.63, 3.8) is 0 Å². The highest BCUT2D eigenvalue weighted by atomic mass is 16.5. The van der Waals surface area contributed by atoms with E-state index >= 15 is 0 Å². The predicted octanol–water partition coefficient (Wildman–Crippen LogP) is 3.90. The second kappa shape index (κ2) is 8.11. The molecule has 0 fully saturated rings. The number of para-hydroxylation sites is 3. The number of nitrogens with zero attached hydrogens (tertiary/aromatic N) is 3. The minimum absolute atomic E-state index is 0.218. The predicted molar refractivity (Wildman–Crippen MR) is 102 cm³/mol. The van der Waals surface area contributed by atoms with Gasteiger partial charge in [0.2, 0.25) is 0 Å². The molecule has 0 spiro atoms. The van der Waals surface area contributed by atoms with E-state index in [0.717, 1.165) is 17.1 Å². The van der Waals surface area contributed by atoms with Crippen molar-refractivity contribution in [3.8, 4) is 5.75 Å². The first-order chi connectivity index (χ1) is 12.7. The molecule has 1 aromatic heterocycles. The summed E-state index contributed by atoms with van der Waals surface area (Å²) in [5, 5.41) is 3.16. The Bertz CT molecular complexity index is 866. The molecule has 0 atom stereocenters. The Morgan fingerprint density at radius 3 is 2.46 bits per heavy atom. The van der Waals surface area contributed by atoms with Gasteiger partial charge in [0.15, 0.2) is 0 Å². The second-order valence-corrected chi connectivity index (χ2v) is 5.54. The van der Waals surface area contributed by atoms with E-state index in [4.69, 9.17) is 4.74 Å². The lowest BCUT2D eigenvalue weighted by Crippen LogP contribution is -2.27. The Labute approximate surface area is 152 Å². The first-order valence-electron chi connectivity index (χ1n) is 8.33. The molecule has 1 amide bonds. The molecule has 0 radical (unpaired) electrons. The number of hydrogen-bond acceptors (Lipinski definition) is 5. The van der Waals surface area contributed by atoms with Gasteiger partial charge in [-0.1, -0.05) is 30.3 Å². The Morgan fingerprint density at radius 2 is 1.77 bits per heavy atom. The van der Waals surface area contributed by atoms with Crippen LogP contribution in [0.4, 0.5) is 17.2 Å². The molecule has 132 valence electrons. The summed E-state index contributed by atoms with van der Waals surface area (Å²) in [6.07, 6.45) is 3.00. The van der Waals surface area contributed by atoms with Crippen molar-refractivity contribution in [2.75, 3.05) is 23.9 Å². The Kier molecular flexibility index (Phi) is 5.43. The molecule has 0 aliphatic heterocycles. The monoisotopic (exact) mass is 348 g/mol. The summed E-state index contributed by atoms with van der Waals surface area (Å²) < 4.78 is 5.58. The number of ether oxygens (including phenoxy) is 1. The average Bonchev–Trinajstić information content (AvgIpc) is 2.70. The van der Waals surface area contributed by atoms with Crippen molar-refractivity contribution in [1.82, 2.24) is 9.97 Å². The summed E-state index contributed by atoms with van der Waals surface area (Å²) >= 11 is 0. The van der Waals surface area contributed by atoms with Crippen LogP contribution in [0.3, 0.4) is 0 Å². The lowest BCUT2D eigenvalue weighted by molar-refractivity contribution is 0.0988. The number of rotatable bonds is 6. The van der Waals surface area contributed by atoms with E-state index < -0.39 is 0 Å². The van der Waals surface area contributed by atoms with Crippen LogP contribution < -0.4 is 15.0 Å². The molecule has 0 unspecified atom stereocenters. The van der Waals surface area contributed by atoms with Gasteiger partial charge in [-0.2, -0.15) is 0 Å². The van der Waals surface area contributed by atoms with Crippen LogP contribution in [0, 0.1) is 0 Å². The highest BCUT2D eigenvalue weighted by Gasteiger charge is 2.15. The second-order valence-electron chi connectivity index (χ2n) is 5.54. The first kappa shape index (κ1) is 17.4. The van der Waals surface area contributed by atoms with Crippen LogP contribution in [0.5, 0.6) is 5.75 Å². The number of aromatic nitrogens is 2. The third kappa shape index (κ3) is 3.97. The van der Waals surface area contributed by atoms with E-state index in [0.29, 0.717) is 12.4 Å². The molecule has 3 rings (SSSR count). The molecule has 0 aliphatic rings. The number of carbonyl (C=O) groups is 1. The van der Waals surface area contributed by atoms with Crippen LogP contribution in [-0.4, -0.2) is 29.5 Å². The maximum atomic E-state index is 12.5. The Morgan fingerprint density at radius 1 is 1.04 bits per heavy atom. The number of amides is 1. The third-order valence-electron chi connectivity index (χ3n) is 3.77. The molecule has 0 aliphatic carbocycles. The summed E-state index contributed by atoms with van der Waals surface area (Å²) in [5.74, 6) is 1.06. The van der Waals surface area contributed by atoms with Crippen molar-refractivity contribution in [2.45, 2.75) is 6.92 Å². The maximum absolute atomic E-state index is 12.5. The van der Waals surface area contributed by atoms with Crippen LogP contribution >= 0.6 is 0 Å². The Balaban J connectivity index is 1.74. The molecule has 6 nitrogen and oxygen atoms in total. The van der Waals surface area contributed by atoms with Gasteiger partial charge >= 0.3 is 0 Å². The van der Waals surface area contributed by atoms with E-state index in [1.165, 1.54) is 12.4 Å². The zero-order valence-corrected chi connectivity index (χ0v) is 14.7. The Hall–Kier alpha value is -3.41. The van der Waals surface area contributed by atoms with Crippen LogP contribution in [0.15, 0.2) is 67.0 Å². The third-order valence-corrected chi connectivity index (χ3v) is 3.77. The van der Waals surface area contributed by atoms with Gasteiger partial charge in [-0.05, 0) is 31.2 Å². The lowest BCUT2D eigenvalue weighted by Gasteiger charge is -2.16. The standard InChI is InChI=1S/C20H20N4O2/c1-3-26-18-12-8-7-11-16(18)23-19-14-21-17(13-22-19)20(25)24(2)15-9-5-4-6-10-15/h4-14H,3H2,1-2H3,(H,22,23). The molecule has 1 N–H and O–H groups in total. The number of hydrogen-bond donors (Lipinski definition) is 1. The fraction of sp³-hybridized carbons (Fsp3) is 0.150. The summed E-state index contributed by atoms with van der Waals surface area (Å²) in [7, 11) is 1.71. The molecular formula is C20H20N4O2. The number of benzene rings is 2. The minimum atomic E-state index is -0.218. The van der Waals surface area contributed by atoms with Gasteiger partial charge in [0, 0.05) is 12.7 Å². The van der Waals surface area contributed by atoms with E-state index in [-0.39, 0.29) is 11.6 Å². The van der Waals surface area contributed by atoms with Crippen LogP contribution in [0.2, 0.25) is 0 Å². The molecule has 6 heteroatoms. The molecule has 3 aromatic rings. The fourth-order valence-corrected chi connectivity index (χ4v) is 2.43. The van der Waals surface area contributed by atoms with E-state index in [1.807, 2.05) is 61.5 Å². The summed E-state index contributed by atoms with van der Waals surface area (Å²) in [6, 6.07) is 17.0. The van der Waals surface area contributed by atoms with E-state index in [9.17, 15) is 4.79 Å². The van der Waals surface area contributed by atoms with Gasteiger partial charge in [-0.15, -0.1) is 0 Å².